The third kappa shape index (κ3) is 3.06. The predicted octanol–water partition coefficient (Wildman–Crippen LogP) is 2.68. The van der Waals surface area contributed by atoms with E-state index in [0.29, 0.717) is 42.2 Å². The van der Waals surface area contributed by atoms with Crippen molar-refractivity contribution in [1.29, 1.82) is 0 Å². The zero-order valence-corrected chi connectivity index (χ0v) is 15.5. The van der Waals surface area contributed by atoms with Crippen molar-refractivity contribution in [1.82, 2.24) is 9.62 Å². The molecule has 1 saturated heterocycles. The highest BCUT2D eigenvalue weighted by Gasteiger charge is 2.43. The van der Waals surface area contributed by atoms with Crippen LogP contribution in [0.4, 0.5) is 5.69 Å². The molecule has 0 aliphatic carbocycles. The molecule has 2 N–H and O–H groups in total. The smallest absolute Gasteiger partial charge is 0.253 e. The maximum atomic E-state index is 12.6. The van der Waals surface area contributed by atoms with E-state index < -0.39 is 15.7 Å². The number of rotatable bonds is 1. The number of likely N-dealkylation sites (tertiary alicyclic amines) is 1. The van der Waals surface area contributed by atoms with E-state index in [-0.39, 0.29) is 10.8 Å². The molecule has 2 aliphatic heterocycles. The molecule has 0 unspecified atom stereocenters. The molecule has 0 radical (unpaired) electrons. The third-order valence-corrected chi connectivity index (χ3v) is 6.72. The summed E-state index contributed by atoms with van der Waals surface area (Å²) < 4.78 is 27.9. The lowest BCUT2D eigenvalue weighted by Crippen LogP contribution is -2.62. The molecule has 1 fully saturated rings. The quantitative estimate of drug-likeness (QED) is 0.783. The second-order valence-corrected chi connectivity index (χ2v) is 8.70. The van der Waals surface area contributed by atoms with Crippen LogP contribution >= 0.6 is 11.6 Å². The highest BCUT2D eigenvalue weighted by Crippen LogP contribution is 2.35. The molecule has 1 spiro atoms. The standard InChI is InChI=1S/C18H18ClN3O3S/c19-14-7-5-13(6-8-14)17(23)22-11-9-18(10-12-22)20-15-3-1-2-4-16(15)26(24,25)21-18/h1-8,20-21H,9-12H2. The predicted molar refractivity (Wildman–Crippen MR) is 99.7 cm³/mol. The van der Waals surface area contributed by atoms with Crippen LogP contribution in [0.5, 0.6) is 0 Å². The van der Waals surface area contributed by atoms with E-state index in [4.69, 9.17) is 11.6 Å². The number of piperidine rings is 1. The Balaban J connectivity index is 1.52. The molecule has 0 bridgehead atoms. The Labute approximate surface area is 157 Å². The number of sulfonamides is 1. The van der Waals surface area contributed by atoms with Gasteiger partial charge in [0.05, 0.1) is 5.69 Å². The monoisotopic (exact) mass is 391 g/mol. The number of carbonyl (C=O) groups excluding carboxylic acids is 1. The van der Waals surface area contributed by atoms with Crippen molar-refractivity contribution in [2.24, 2.45) is 0 Å². The van der Waals surface area contributed by atoms with Gasteiger partial charge in [-0.2, -0.15) is 4.72 Å². The lowest BCUT2D eigenvalue weighted by Gasteiger charge is -2.45. The van der Waals surface area contributed by atoms with Crippen molar-refractivity contribution in [2.75, 3.05) is 18.4 Å². The summed E-state index contributed by atoms with van der Waals surface area (Å²) in [6, 6.07) is 13.6. The molecule has 0 saturated carbocycles. The average molecular weight is 392 g/mol. The number of para-hydroxylation sites is 1. The molecule has 2 aromatic rings. The number of hydrogen-bond acceptors (Lipinski definition) is 4. The number of amides is 1. The van der Waals surface area contributed by atoms with Gasteiger partial charge in [-0.15, -0.1) is 0 Å². The van der Waals surface area contributed by atoms with Crippen LogP contribution in [-0.4, -0.2) is 38.0 Å². The van der Waals surface area contributed by atoms with E-state index in [0.717, 1.165) is 0 Å². The van der Waals surface area contributed by atoms with Gasteiger partial charge in [-0.3, -0.25) is 4.79 Å². The van der Waals surface area contributed by atoms with E-state index >= 15 is 0 Å². The van der Waals surface area contributed by atoms with Gasteiger partial charge in [-0.1, -0.05) is 23.7 Å². The van der Waals surface area contributed by atoms with Crippen molar-refractivity contribution in [2.45, 2.75) is 23.4 Å². The van der Waals surface area contributed by atoms with Gasteiger partial charge < -0.3 is 10.2 Å². The van der Waals surface area contributed by atoms with Crippen LogP contribution < -0.4 is 10.0 Å². The van der Waals surface area contributed by atoms with Gasteiger partial charge in [0, 0.05) is 36.5 Å². The maximum absolute atomic E-state index is 12.6. The van der Waals surface area contributed by atoms with Gasteiger partial charge in [0.1, 0.15) is 10.6 Å². The molecule has 136 valence electrons. The van der Waals surface area contributed by atoms with Crippen molar-refractivity contribution < 1.29 is 13.2 Å². The first-order valence-corrected chi connectivity index (χ1v) is 10.2. The largest absolute Gasteiger partial charge is 0.365 e. The average Bonchev–Trinajstić information content (AvgIpc) is 2.62. The Morgan fingerprint density at radius 1 is 1.04 bits per heavy atom. The van der Waals surface area contributed by atoms with Gasteiger partial charge in [0.15, 0.2) is 0 Å². The zero-order valence-electron chi connectivity index (χ0n) is 13.9. The minimum Gasteiger partial charge on any atom is -0.365 e. The topological polar surface area (TPSA) is 78.5 Å². The molecule has 2 aliphatic rings. The summed E-state index contributed by atoms with van der Waals surface area (Å²) in [6.07, 6.45) is 0.972. The molecule has 6 nitrogen and oxygen atoms in total. The van der Waals surface area contributed by atoms with Gasteiger partial charge >= 0.3 is 0 Å². The lowest BCUT2D eigenvalue weighted by atomic mass is 9.96. The Hall–Kier alpha value is -2.09. The Morgan fingerprint density at radius 3 is 2.38 bits per heavy atom. The maximum Gasteiger partial charge on any atom is 0.253 e. The Kier molecular flexibility index (Phi) is 4.17. The minimum atomic E-state index is -3.58. The molecule has 0 atom stereocenters. The zero-order chi connectivity index (χ0) is 18.4. The highest BCUT2D eigenvalue weighted by molar-refractivity contribution is 7.89. The molecule has 0 aromatic heterocycles. The number of carbonyl (C=O) groups is 1. The van der Waals surface area contributed by atoms with E-state index in [9.17, 15) is 13.2 Å². The molecule has 2 heterocycles. The molecular formula is C18H18ClN3O3S. The second kappa shape index (κ2) is 6.26. The number of hydrogen-bond donors (Lipinski definition) is 2. The van der Waals surface area contributed by atoms with Crippen molar-refractivity contribution in [3.8, 4) is 0 Å². The normalized spacial score (nSPS) is 20.3. The summed E-state index contributed by atoms with van der Waals surface area (Å²) >= 11 is 5.87. The van der Waals surface area contributed by atoms with Crippen LogP contribution in [0.3, 0.4) is 0 Å². The molecular weight excluding hydrogens is 374 g/mol. The minimum absolute atomic E-state index is 0.0735. The molecule has 26 heavy (non-hydrogen) atoms. The van der Waals surface area contributed by atoms with Crippen LogP contribution in [0, 0.1) is 0 Å². The Morgan fingerprint density at radius 2 is 1.69 bits per heavy atom. The number of benzene rings is 2. The number of halogens is 1. The third-order valence-electron chi connectivity index (χ3n) is 4.88. The van der Waals surface area contributed by atoms with Crippen LogP contribution in [0.2, 0.25) is 5.02 Å². The summed E-state index contributed by atoms with van der Waals surface area (Å²) in [5, 5.41) is 3.91. The molecule has 1 amide bonds. The summed E-state index contributed by atoms with van der Waals surface area (Å²) in [6.45, 7) is 0.915. The van der Waals surface area contributed by atoms with E-state index in [2.05, 4.69) is 10.0 Å². The summed E-state index contributed by atoms with van der Waals surface area (Å²) in [5.74, 6) is -0.0735. The summed E-state index contributed by atoms with van der Waals surface area (Å²) in [5.41, 5.74) is 0.417. The number of nitrogens with zero attached hydrogens (tertiary/aromatic N) is 1. The van der Waals surface area contributed by atoms with Crippen molar-refractivity contribution in [3.05, 3.63) is 59.1 Å². The summed E-state index contributed by atoms with van der Waals surface area (Å²) in [7, 11) is -3.58. The molecule has 8 heteroatoms. The summed E-state index contributed by atoms with van der Waals surface area (Å²) in [4.78, 5) is 14.6. The van der Waals surface area contributed by atoms with E-state index in [1.807, 2.05) is 0 Å². The first-order valence-electron chi connectivity index (χ1n) is 8.35. The fourth-order valence-electron chi connectivity index (χ4n) is 3.49. The first kappa shape index (κ1) is 17.3. The molecule has 2 aromatic carbocycles. The fourth-order valence-corrected chi connectivity index (χ4v) is 5.17. The van der Waals surface area contributed by atoms with E-state index in [1.54, 1.807) is 53.4 Å². The van der Waals surface area contributed by atoms with Gasteiger partial charge in [-0.25, -0.2) is 8.42 Å². The fraction of sp³-hybridized carbons (Fsp3) is 0.278. The highest BCUT2D eigenvalue weighted by atomic mass is 35.5. The van der Waals surface area contributed by atoms with Gasteiger partial charge in [0.25, 0.3) is 5.91 Å². The first-order chi connectivity index (χ1) is 12.4. The Bertz CT molecular complexity index is 952. The number of nitrogens with one attached hydrogen (secondary N) is 2. The number of anilines is 1. The van der Waals surface area contributed by atoms with E-state index in [1.165, 1.54) is 0 Å². The van der Waals surface area contributed by atoms with Crippen molar-refractivity contribution in [3.63, 3.8) is 0 Å². The molecule has 4 rings (SSSR count). The SMILES string of the molecule is O=C(c1ccc(Cl)cc1)N1CCC2(CC1)Nc1ccccc1S(=O)(=O)N2. The second-order valence-electron chi connectivity index (χ2n) is 6.61. The number of fused-ring (bicyclic) bond motifs is 1. The van der Waals surface area contributed by atoms with Gasteiger partial charge in [-0.05, 0) is 36.4 Å². The van der Waals surface area contributed by atoms with Crippen LogP contribution in [0.1, 0.15) is 23.2 Å². The lowest BCUT2D eigenvalue weighted by molar-refractivity contribution is 0.0676. The van der Waals surface area contributed by atoms with Crippen LogP contribution in [0.15, 0.2) is 53.4 Å². The van der Waals surface area contributed by atoms with Crippen LogP contribution in [-0.2, 0) is 10.0 Å². The van der Waals surface area contributed by atoms with Crippen molar-refractivity contribution >= 4 is 33.2 Å². The van der Waals surface area contributed by atoms with Gasteiger partial charge in [0.2, 0.25) is 10.0 Å². The van der Waals surface area contributed by atoms with Crippen LogP contribution in [0.25, 0.3) is 0 Å².